The van der Waals surface area contributed by atoms with Gasteiger partial charge in [0, 0.05) is 12.1 Å². The maximum absolute atomic E-state index is 12.7. The molecule has 0 amide bonds. The third-order valence-electron chi connectivity index (χ3n) is 4.19. The molecule has 2 aromatic heterocycles. The molecule has 2 heterocycles. The van der Waals surface area contributed by atoms with E-state index >= 15 is 0 Å². The molecule has 144 valence electrons. The molecule has 0 radical (unpaired) electrons. The number of aromatic nitrogens is 3. The number of nitrogens with one attached hydrogen (secondary N) is 1. The van der Waals surface area contributed by atoms with Crippen LogP contribution in [0.1, 0.15) is 21.7 Å². The van der Waals surface area contributed by atoms with E-state index in [0.29, 0.717) is 33.8 Å². The molecular weight excluding hydrogens is 399 g/mol. The highest BCUT2D eigenvalue weighted by Crippen LogP contribution is 2.32. The van der Waals surface area contributed by atoms with Crippen LogP contribution < -0.4 is 5.32 Å². The molecule has 0 bridgehead atoms. The van der Waals surface area contributed by atoms with Crippen LogP contribution in [0.4, 0.5) is 24.7 Å². The normalized spacial score (nSPS) is 11.4. The molecule has 0 spiro atoms. The highest BCUT2D eigenvalue weighted by Gasteiger charge is 2.30. The topological polar surface area (TPSA) is 74.5 Å². The molecule has 2 aromatic carbocycles. The first-order chi connectivity index (χ1) is 13.9. The number of rotatable bonds is 4. The van der Waals surface area contributed by atoms with Gasteiger partial charge in [-0.2, -0.15) is 18.4 Å². The second kappa shape index (κ2) is 7.48. The highest BCUT2D eigenvalue weighted by molar-refractivity contribution is 7.18. The quantitative estimate of drug-likeness (QED) is 0.493. The fraction of sp³-hybridized carbons (Fsp3) is 0.100. The van der Waals surface area contributed by atoms with E-state index in [4.69, 9.17) is 0 Å². The van der Waals surface area contributed by atoms with Crippen LogP contribution in [0, 0.1) is 11.3 Å². The lowest BCUT2D eigenvalue weighted by molar-refractivity contribution is -0.137. The minimum absolute atomic E-state index is 0.408. The largest absolute Gasteiger partial charge is 0.416 e. The SMILES string of the molecule is N#Cc1ccccc1Cc1nc2c(Nc3ccc(C(F)(F)F)cc3)ncnc2s1. The van der Waals surface area contributed by atoms with E-state index in [1.54, 1.807) is 12.1 Å². The van der Waals surface area contributed by atoms with Gasteiger partial charge in [0.2, 0.25) is 0 Å². The van der Waals surface area contributed by atoms with Gasteiger partial charge in [-0.25, -0.2) is 15.0 Å². The number of alkyl halides is 3. The molecule has 0 aliphatic rings. The molecular formula is C20H12F3N5S. The number of hydrogen-bond donors (Lipinski definition) is 1. The summed E-state index contributed by atoms with van der Waals surface area (Å²) in [5.74, 6) is 0.408. The van der Waals surface area contributed by atoms with Gasteiger partial charge in [0.05, 0.1) is 17.2 Å². The Morgan fingerprint density at radius 3 is 2.52 bits per heavy atom. The van der Waals surface area contributed by atoms with E-state index in [1.807, 2.05) is 12.1 Å². The molecule has 5 nitrogen and oxygen atoms in total. The smallest absolute Gasteiger partial charge is 0.338 e. The zero-order chi connectivity index (χ0) is 20.4. The van der Waals surface area contributed by atoms with Gasteiger partial charge in [-0.3, -0.25) is 0 Å². The third kappa shape index (κ3) is 4.02. The Labute approximate surface area is 167 Å². The first-order valence-corrected chi connectivity index (χ1v) is 9.28. The summed E-state index contributed by atoms with van der Waals surface area (Å²) < 4.78 is 38.2. The minimum Gasteiger partial charge on any atom is -0.338 e. The van der Waals surface area contributed by atoms with E-state index in [-0.39, 0.29) is 0 Å². The van der Waals surface area contributed by atoms with Crippen LogP contribution in [0.2, 0.25) is 0 Å². The fourth-order valence-electron chi connectivity index (χ4n) is 2.79. The summed E-state index contributed by atoms with van der Waals surface area (Å²) in [4.78, 5) is 13.6. The Kier molecular flexibility index (Phi) is 4.86. The number of nitriles is 1. The molecule has 0 saturated heterocycles. The summed E-state index contributed by atoms with van der Waals surface area (Å²) in [7, 11) is 0. The summed E-state index contributed by atoms with van der Waals surface area (Å²) in [6.45, 7) is 0. The molecule has 0 aliphatic heterocycles. The average Bonchev–Trinajstić information content (AvgIpc) is 3.12. The Hall–Kier alpha value is -3.51. The van der Waals surface area contributed by atoms with Gasteiger partial charge in [-0.1, -0.05) is 29.5 Å². The van der Waals surface area contributed by atoms with E-state index in [1.165, 1.54) is 29.8 Å². The van der Waals surface area contributed by atoms with Crippen molar-refractivity contribution in [3.05, 3.63) is 76.6 Å². The Morgan fingerprint density at radius 2 is 1.79 bits per heavy atom. The van der Waals surface area contributed by atoms with E-state index in [9.17, 15) is 18.4 Å². The van der Waals surface area contributed by atoms with Crippen LogP contribution in [0.5, 0.6) is 0 Å². The number of hydrogen-bond acceptors (Lipinski definition) is 6. The van der Waals surface area contributed by atoms with Gasteiger partial charge in [0.15, 0.2) is 5.82 Å². The molecule has 0 atom stereocenters. The van der Waals surface area contributed by atoms with Crippen molar-refractivity contribution in [2.45, 2.75) is 12.6 Å². The number of nitrogens with zero attached hydrogens (tertiary/aromatic N) is 4. The molecule has 1 N–H and O–H groups in total. The molecule has 0 saturated carbocycles. The summed E-state index contributed by atoms with van der Waals surface area (Å²) in [5, 5.41) is 13.0. The predicted molar refractivity (Wildman–Crippen MR) is 104 cm³/mol. The van der Waals surface area contributed by atoms with Gasteiger partial charge in [-0.15, -0.1) is 0 Å². The molecule has 0 unspecified atom stereocenters. The second-order valence-electron chi connectivity index (χ2n) is 6.13. The Bertz CT molecular complexity index is 1210. The number of anilines is 2. The lowest BCUT2D eigenvalue weighted by Gasteiger charge is -2.09. The summed E-state index contributed by atoms with van der Waals surface area (Å²) in [6.07, 6.45) is -2.53. The van der Waals surface area contributed by atoms with E-state index < -0.39 is 11.7 Å². The average molecular weight is 411 g/mol. The summed E-state index contributed by atoms with van der Waals surface area (Å²) >= 11 is 1.38. The first kappa shape index (κ1) is 18.8. The molecule has 29 heavy (non-hydrogen) atoms. The Morgan fingerprint density at radius 1 is 1.03 bits per heavy atom. The van der Waals surface area contributed by atoms with Gasteiger partial charge in [0.1, 0.15) is 21.7 Å². The van der Waals surface area contributed by atoms with Crippen molar-refractivity contribution in [1.29, 1.82) is 5.26 Å². The van der Waals surface area contributed by atoms with Crippen molar-refractivity contribution in [3.63, 3.8) is 0 Å². The lowest BCUT2D eigenvalue weighted by Crippen LogP contribution is -2.04. The van der Waals surface area contributed by atoms with Gasteiger partial charge in [0.25, 0.3) is 0 Å². The van der Waals surface area contributed by atoms with E-state index in [0.717, 1.165) is 22.7 Å². The molecule has 0 fully saturated rings. The zero-order valence-corrected chi connectivity index (χ0v) is 15.6. The third-order valence-corrected chi connectivity index (χ3v) is 5.16. The van der Waals surface area contributed by atoms with Crippen LogP contribution in [-0.2, 0) is 12.6 Å². The van der Waals surface area contributed by atoms with Crippen molar-refractivity contribution in [1.82, 2.24) is 15.0 Å². The Balaban J connectivity index is 1.62. The monoisotopic (exact) mass is 411 g/mol. The standard InChI is InChI=1S/C20H12F3N5S/c21-20(22,23)14-5-7-15(8-6-14)27-18-17-19(26-11-25-18)29-16(28-17)9-12-3-1-2-4-13(12)10-24/h1-8,11H,9H2,(H,25,26,27). The molecule has 9 heteroatoms. The molecule has 4 aromatic rings. The minimum atomic E-state index is -4.38. The summed E-state index contributed by atoms with van der Waals surface area (Å²) in [5.41, 5.74) is 1.72. The predicted octanol–water partition coefficient (Wildman–Crippen LogP) is 5.31. The second-order valence-corrected chi connectivity index (χ2v) is 7.19. The van der Waals surface area contributed by atoms with E-state index in [2.05, 4.69) is 26.3 Å². The number of fused-ring (bicyclic) bond motifs is 1. The van der Waals surface area contributed by atoms with Gasteiger partial charge >= 0.3 is 6.18 Å². The molecule has 0 aliphatic carbocycles. The number of thiazole rings is 1. The van der Waals surface area contributed by atoms with Gasteiger partial charge < -0.3 is 5.32 Å². The van der Waals surface area contributed by atoms with Crippen LogP contribution in [0.3, 0.4) is 0 Å². The number of halogens is 3. The maximum atomic E-state index is 12.7. The van der Waals surface area contributed by atoms with Crippen LogP contribution >= 0.6 is 11.3 Å². The van der Waals surface area contributed by atoms with Crippen LogP contribution in [-0.4, -0.2) is 15.0 Å². The highest BCUT2D eigenvalue weighted by atomic mass is 32.1. The molecule has 4 rings (SSSR count). The van der Waals surface area contributed by atoms with Crippen molar-refractivity contribution in [2.24, 2.45) is 0 Å². The van der Waals surface area contributed by atoms with Crippen LogP contribution in [0.25, 0.3) is 10.3 Å². The van der Waals surface area contributed by atoms with Crippen molar-refractivity contribution in [3.8, 4) is 6.07 Å². The van der Waals surface area contributed by atoms with Crippen molar-refractivity contribution < 1.29 is 13.2 Å². The van der Waals surface area contributed by atoms with Crippen molar-refractivity contribution in [2.75, 3.05) is 5.32 Å². The van der Waals surface area contributed by atoms with Crippen LogP contribution in [0.15, 0.2) is 54.9 Å². The lowest BCUT2D eigenvalue weighted by atomic mass is 10.1. The number of benzene rings is 2. The fourth-order valence-corrected chi connectivity index (χ4v) is 3.72. The summed E-state index contributed by atoms with van der Waals surface area (Å²) in [6, 6.07) is 14.1. The van der Waals surface area contributed by atoms with Gasteiger partial charge in [-0.05, 0) is 35.9 Å². The maximum Gasteiger partial charge on any atom is 0.416 e. The zero-order valence-electron chi connectivity index (χ0n) is 14.7. The van der Waals surface area contributed by atoms with Crippen molar-refractivity contribution >= 4 is 33.2 Å². The first-order valence-electron chi connectivity index (χ1n) is 8.47.